The minimum absolute atomic E-state index is 0.157. The van der Waals surface area contributed by atoms with Crippen LogP contribution in [0.2, 0.25) is 0 Å². The van der Waals surface area contributed by atoms with Crippen LogP contribution < -0.4 is 10.6 Å². The summed E-state index contributed by atoms with van der Waals surface area (Å²) in [7, 11) is 0. The highest BCUT2D eigenvalue weighted by atomic mass is 19.2. The Morgan fingerprint density at radius 1 is 1.14 bits per heavy atom. The molecular formula is C14H19F3N2O2. The van der Waals surface area contributed by atoms with Gasteiger partial charge in [0.05, 0.1) is 0 Å². The molecule has 0 aliphatic carbocycles. The van der Waals surface area contributed by atoms with Gasteiger partial charge in [-0.15, -0.1) is 0 Å². The summed E-state index contributed by atoms with van der Waals surface area (Å²) in [5.74, 6) is -3.93. The summed E-state index contributed by atoms with van der Waals surface area (Å²) < 4.78 is 43.7. The van der Waals surface area contributed by atoms with Crippen molar-refractivity contribution in [3.8, 4) is 0 Å². The van der Waals surface area contributed by atoms with E-state index in [1.165, 1.54) is 0 Å². The van der Waals surface area contributed by atoms with E-state index in [4.69, 9.17) is 4.74 Å². The average Bonchev–Trinajstić information content (AvgIpc) is 2.33. The van der Waals surface area contributed by atoms with Gasteiger partial charge in [-0.2, -0.15) is 0 Å². The van der Waals surface area contributed by atoms with Crippen LogP contribution in [0.3, 0.4) is 0 Å². The second-order valence-corrected chi connectivity index (χ2v) is 5.48. The molecule has 2 N–H and O–H groups in total. The van der Waals surface area contributed by atoms with Crippen LogP contribution in [-0.2, 0) is 11.3 Å². The summed E-state index contributed by atoms with van der Waals surface area (Å²) >= 11 is 0. The molecule has 1 rings (SSSR count). The molecule has 21 heavy (non-hydrogen) atoms. The zero-order valence-corrected chi connectivity index (χ0v) is 12.2. The van der Waals surface area contributed by atoms with Crippen LogP contribution >= 0.6 is 0 Å². The van der Waals surface area contributed by atoms with Gasteiger partial charge < -0.3 is 15.4 Å². The Morgan fingerprint density at radius 3 is 2.24 bits per heavy atom. The van der Waals surface area contributed by atoms with Crippen LogP contribution in [0.1, 0.15) is 26.3 Å². The smallest absolute Gasteiger partial charge is 0.407 e. The van der Waals surface area contributed by atoms with Gasteiger partial charge in [-0.1, -0.05) is 0 Å². The number of carbonyl (C=O) groups is 1. The van der Waals surface area contributed by atoms with Crippen LogP contribution in [0.25, 0.3) is 0 Å². The topological polar surface area (TPSA) is 50.4 Å². The maximum atomic E-state index is 13.0. The maximum absolute atomic E-state index is 13.0. The number of carbonyl (C=O) groups excluding carboxylic acids is 1. The number of ether oxygens (including phenoxy) is 1. The third kappa shape index (κ3) is 6.48. The van der Waals surface area contributed by atoms with Crippen molar-refractivity contribution in [2.75, 3.05) is 13.1 Å². The Balaban J connectivity index is 2.27. The Hall–Kier alpha value is -1.76. The first-order chi connectivity index (χ1) is 9.69. The third-order valence-electron chi connectivity index (χ3n) is 2.34. The highest BCUT2D eigenvalue weighted by molar-refractivity contribution is 5.67. The van der Waals surface area contributed by atoms with Crippen molar-refractivity contribution in [1.82, 2.24) is 10.6 Å². The number of halogens is 3. The third-order valence-corrected chi connectivity index (χ3v) is 2.34. The van der Waals surface area contributed by atoms with Crippen molar-refractivity contribution < 1.29 is 22.7 Å². The maximum Gasteiger partial charge on any atom is 0.407 e. The van der Waals surface area contributed by atoms with Gasteiger partial charge in [-0.05, 0) is 38.5 Å². The first-order valence-electron chi connectivity index (χ1n) is 6.50. The van der Waals surface area contributed by atoms with Crippen molar-refractivity contribution in [1.29, 1.82) is 0 Å². The van der Waals surface area contributed by atoms with Crippen LogP contribution in [0.5, 0.6) is 0 Å². The highest BCUT2D eigenvalue weighted by Gasteiger charge is 2.15. The van der Waals surface area contributed by atoms with Gasteiger partial charge in [0.2, 0.25) is 0 Å². The molecule has 7 heteroatoms. The largest absolute Gasteiger partial charge is 0.444 e. The summed E-state index contributed by atoms with van der Waals surface area (Å²) in [5, 5.41) is 5.39. The molecule has 1 aromatic carbocycles. The molecule has 0 radical (unpaired) electrons. The standard InChI is InChI=1S/C14H19F3N2O2/c1-14(2,3)21-13(20)19-5-4-18-8-9-6-10(15)12(17)11(16)7-9/h6-7,18H,4-5,8H2,1-3H3,(H,19,20). The molecule has 4 nitrogen and oxygen atoms in total. The zero-order valence-electron chi connectivity index (χ0n) is 12.2. The van der Waals surface area contributed by atoms with E-state index in [-0.39, 0.29) is 12.1 Å². The van der Waals surface area contributed by atoms with Crippen LogP contribution in [-0.4, -0.2) is 24.8 Å². The van der Waals surface area contributed by atoms with Gasteiger partial charge in [-0.25, -0.2) is 18.0 Å². The minimum atomic E-state index is -1.48. The fraction of sp³-hybridized carbons (Fsp3) is 0.500. The van der Waals surface area contributed by atoms with Crippen molar-refractivity contribution in [2.24, 2.45) is 0 Å². The number of benzene rings is 1. The van der Waals surface area contributed by atoms with E-state index in [1.807, 2.05) is 0 Å². The van der Waals surface area contributed by atoms with Crippen molar-refractivity contribution in [3.63, 3.8) is 0 Å². The molecule has 0 aromatic heterocycles. The van der Waals surface area contributed by atoms with Crippen LogP contribution in [0.15, 0.2) is 12.1 Å². The predicted molar refractivity (Wildman–Crippen MR) is 72.3 cm³/mol. The molecule has 1 aromatic rings. The predicted octanol–water partition coefficient (Wildman–Crippen LogP) is 2.72. The fourth-order valence-electron chi connectivity index (χ4n) is 1.51. The Labute approximate surface area is 121 Å². The second kappa shape index (κ2) is 7.31. The van der Waals surface area contributed by atoms with E-state index in [1.54, 1.807) is 20.8 Å². The van der Waals surface area contributed by atoms with Gasteiger partial charge in [0.15, 0.2) is 17.5 Å². The zero-order chi connectivity index (χ0) is 16.0. The van der Waals surface area contributed by atoms with Crippen molar-refractivity contribution in [3.05, 3.63) is 35.1 Å². The number of hydrogen-bond acceptors (Lipinski definition) is 3. The fourth-order valence-corrected chi connectivity index (χ4v) is 1.51. The molecular weight excluding hydrogens is 285 g/mol. The molecule has 1 amide bonds. The lowest BCUT2D eigenvalue weighted by Gasteiger charge is -2.19. The molecule has 0 saturated heterocycles. The van der Waals surface area contributed by atoms with E-state index in [9.17, 15) is 18.0 Å². The molecule has 0 unspecified atom stereocenters. The number of nitrogens with one attached hydrogen (secondary N) is 2. The number of rotatable bonds is 5. The second-order valence-electron chi connectivity index (χ2n) is 5.48. The van der Waals surface area contributed by atoms with Gasteiger partial charge in [0, 0.05) is 19.6 Å². The normalized spacial score (nSPS) is 11.3. The lowest BCUT2D eigenvalue weighted by atomic mass is 10.2. The summed E-state index contributed by atoms with van der Waals surface area (Å²) in [6.07, 6.45) is -0.539. The van der Waals surface area contributed by atoms with E-state index < -0.39 is 29.1 Å². The van der Waals surface area contributed by atoms with Crippen LogP contribution in [0.4, 0.5) is 18.0 Å². The molecule has 0 bridgehead atoms. The van der Waals surface area contributed by atoms with E-state index in [2.05, 4.69) is 10.6 Å². The van der Waals surface area contributed by atoms with Crippen molar-refractivity contribution in [2.45, 2.75) is 32.9 Å². The molecule has 0 spiro atoms. The van der Waals surface area contributed by atoms with E-state index in [0.29, 0.717) is 13.1 Å². The molecule has 0 fully saturated rings. The first kappa shape index (κ1) is 17.3. The first-order valence-corrected chi connectivity index (χ1v) is 6.50. The Morgan fingerprint density at radius 2 is 1.71 bits per heavy atom. The van der Waals surface area contributed by atoms with Gasteiger partial charge in [-0.3, -0.25) is 0 Å². The highest BCUT2D eigenvalue weighted by Crippen LogP contribution is 2.13. The summed E-state index contributed by atoms with van der Waals surface area (Å²) in [6.45, 7) is 6.08. The molecule has 118 valence electrons. The van der Waals surface area contributed by atoms with Crippen molar-refractivity contribution >= 4 is 6.09 Å². The molecule has 0 aliphatic rings. The Bertz CT molecular complexity index is 478. The average molecular weight is 304 g/mol. The summed E-state index contributed by atoms with van der Waals surface area (Å²) in [4.78, 5) is 11.3. The molecule has 0 heterocycles. The van der Waals surface area contributed by atoms with Gasteiger partial charge in [0.25, 0.3) is 0 Å². The van der Waals surface area contributed by atoms with E-state index >= 15 is 0 Å². The quantitative estimate of drug-likeness (QED) is 0.649. The monoisotopic (exact) mass is 304 g/mol. The lowest BCUT2D eigenvalue weighted by molar-refractivity contribution is 0.0528. The summed E-state index contributed by atoms with van der Waals surface area (Å²) in [5.41, 5.74) is -0.288. The lowest BCUT2D eigenvalue weighted by Crippen LogP contribution is -2.36. The minimum Gasteiger partial charge on any atom is -0.444 e. The number of amides is 1. The van der Waals surface area contributed by atoms with Gasteiger partial charge in [0.1, 0.15) is 5.60 Å². The SMILES string of the molecule is CC(C)(C)OC(=O)NCCNCc1cc(F)c(F)c(F)c1. The molecule has 0 atom stereocenters. The van der Waals surface area contributed by atoms with E-state index in [0.717, 1.165) is 12.1 Å². The summed E-state index contributed by atoms with van der Waals surface area (Å²) in [6, 6.07) is 1.85. The number of alkyl carbamates (subject to hydrolysis) is 1. The van der Waals surface area contributed by atoms with Gasteiger partial charge >= 0.3 is 6.09 Å². The molecule has 0 saturated carbocycles. The number of hydrogen-bond donors (Lipinski definition) is 2. The molecule has 0 aliphatic heterocycles. The van der Waals surface area contributed by atoms with Crippen LogP contribution in [0, 0.1) is 17.5 Å². The Kier molecular flexibility index (Phi) is 6.02.